The Bertz CT molecular complexity index is 375. The largest absolute Gasteiger partial charge is 0.307 e. The monoisotopic (exact) mass is 246 g/mol. The van der Waals surface area contributed by atoms with Crippen molar-refractivity contribution in [2.24, 2.45) is 0 Å². The van der Waals surface area contributed by atoms with Crippen LogP contribution in [-0.4, -0.2) is 31.1 Å². The van der Waals surface area contributed by atoms with Crippen molar-refractivity contribution in [3.63, 3.8) is 0 Å². The molecule has 1 aliphatic heterocycles. The summed E-state index contributed by atoms with van der Waals surface area (Å²) in [7, 11) is 2.23. The number of rotatable bonds is 3. The number of hydrogen-bond donors (Lipinski definition) is 1. The maximum absolute atomic E-state index is 3.81. The second-order valence-electron chi connectivity index (χ2n) is 5.68. The van der Waals surface area contributed by atoms with Gasteiger partial charge in [-0.3, -0.25) is 0 Å². The molecule has 1 heterocycles. The predicted molar refractivity (Wildman–Crippen MR) is 77.9 cm³/mol. The van der Waals surface area contributed by atoms with E-state index in [1.54, 1.807) is 0 Å². The molecule has 2 heteroatoms. The fraction of sp³-hybridized carbons (Fsp3) is 0.625. The van der Waals surface area contributed by atoms with Gasteiger partial charge in [0, 0.05) is 12.1 Å². The molecule has 2 unspecified atom stereocenters. The van der Waals surface area contributed by atoms with E-state index in [2.05, 4.69) is 55.4 Å². The van der Waals surface area contributed by atoms with Crippen molar-refractivity contribution in [1.29, 1.82) is 0 Å². The van der Waals surface area contributed by atoms with Crippen LogP contribution in [0.15, 0.2) is 24.3 Å². The smallest absolute Gasteiger partial charge is 0.0296 e. The van der Waals surface area contributed by atoms with Crippen LogP contribution in [0.5, 0.6) is 0 Å². The van der Waals surface area contributed by atoms with Gasteiger partial charge in [0.2, 0.25) is 0 Å². The van der Waals surface area contributed by atoms with E-state index in [0.29, 0.717) is 12.1 Å². The first-order valence-corrected chi connectivity index (χ1v) is 7.17. The summed E-state index contributed by atoms with van der Waals surface area (Å²) in [5.74, 6) is 0. The van der Waals surface area contributed by atoms with E-state index < -0.39 is 0 Å². The zero-order valence-corrected chi connectivity index (χ0v) is 11.9. The Labute approximate surface area is 111 Å². The molecule has 1 fully saturated rings. The number of hydrogen-bond acceptors (Lipinski definition) is 2. The van der Waals surface area contributed by atoms with Gasteiger partial charge in [-0.1, -0.05) is 24.3 Å². The predicted octanol–water partition coefficient (Wildman–Crippen LogP) is 3.13. The van der Waals surface area contributed by atoms with Crippen molar-refractivity contribution in [3.8, 4) is 0 Å². The Balaban J connectivity index is 1.94. The molecule has 0 spiro atoms. The minimum Gasteiger partial charge on any atom is -0.307 e. The van der Waals surface area contributed by atoms with Crippen LogP contribution >= 0.6 is 0 Å². The Morgan fingerprint density at radius 3 is 2.78 bits per heavy atom. The number of benzene rings is 1. The van der Waals surface area contributed by atoms with Gasteiger partial charge in [0.15, 0.2) is 0 Å². The van der Waals surface area contributed by atoms with Crippen LogP contribution in [0.2, 0.25) is 0 Å². The molecule has 0 aliphatic carbocycles. The molecule has 0 saturated carbocycles. The maximum Gasteiger partial charge on any atom is 0.0296 e. The Morgan fingerprint density at radius 2 is 2.00 bits per heavy atom. The van der Waals surface area contributed by atoms with Gasteiger partial charge in [-0.2, -0.15) is 0 Å². The summed E-state index contributed by atoms with van der Waals surface area (Å²) >= 11 is 0. The molecule has 1 aromatic rings. The second-order valence-corrected chi connectivity index (χ2v) is 5.68. The van der Waals surface area contributed by atoms with Crippen LogP contribution in [0.4, 0.5) is 0 Å². The van der Waals surface area contributed by atoms with Gasteiger partial charge in [-0.25, -0.2) is 0 Å². The van der Waals surface area contributed by atoms with E-state index in [1.807, 2.05) is 0 Å². The SMILES string of the molecule is Cc1ccccc1C(C)NC1CCCN(C)CC1. The standard InChI is InChI=1S/C16H26N2/c1-13-7-4-5-9-16(13)14(2)17-15-8-6-11-18(3)12-10-15/h4-5,7,9,14-15,17H,6,8,10-12H2,1-3H3. The van der Waals surface area contributed by atoms with Gasteiger partial charge in [-0.05, 0) is 64.4 Å². The Morgan fingerprint density at radius 1 is 1.22 bits per heavy atom. The molecule has 100 valence electrons. The van der Waals surface area contributed by atoms with Gasteiger partial charge in [0.1, 0.15) is 0 Å². The molecule has 2 rings (SSSR count). The van der Waals surface area contributed by atoms with E-state index in [-0.39, 0.29) is 0 Å². The third kappa shape index (κ3) is 3.56. The van der Waals surface area contributed by atoms with E-state index in [0.717, 1.165) is 0 Å². The van der Waals surface area contributed by atoms with Crippen LogP contribution in [0, 0.1) is 6.92 Å². The average molecular weight is 246 g/mol. The lowest BCUT2D eigenvalue weighted by atomic mass is 10.0. The van der Waals surface area contributed by atoms with Crippen molar-refractivity contribution in [1.82, 2.24) is 10.2 Å². The molecule has 0 amide bonds. The summed E-state index contributed by atoms with van der Waals surface area (Å²) in [6.07, 6.45) is 3.89. The highest BCUT2D eigenvalue weighted by atomic mass is 15.1. The molecule has 1 saturated heterocycles. The first-order chi connectivity index (χ1) is 8.66. The lowest BCUT2D eigenvalue weighted by Crippen LogP contribution is -2.32. The van der Waals surface area contributed by atoms with Gasteiger partial charge in [0.05, 0.1) is 0 Å². The first-order valence-electron chi connectivity index (χ1n) is 7.17. The zero-order valence-electron chi connectivity index (χ0n) is 11.9. The molecule has 1 aromatic carbocycles. The van der Waals surface area contributed by atoms with Crippen molar-refractivity contribution in [2.45, 2.75) is 45.2 Å². The number of likely N-dealkylation sites (tertiary alicyclic amines) is 1. The van der Waals surface area contributed by atoms with E-state index in [9.17, 15) is 0 Å². The summed E-state index contributed by atoms with van der Waals surface area (Å²) in [4.78, 5) is 2.44. The molecule has 0 radical (unpaired) electrons. The normalized spacial score (nSPS) is 23.6. The molecule has 18 heavy (non-hydrogen) atoms. The molecule has 0 bridgehead atoms. The van der Waals surface area contributed by atoms with E-state index >= 15 is 0 Å². The Hall–Kier alpha value is -0.860. The fourth-order valence-electron chi connectivity index (χ4n) is 2.92. The third-order valence-electron chi connectivity index (χ3n) is 4.09. The van der Waals surface area contributed by atoms with Gasteiger partial charge < -0.3 is 10.2 Å². The molecular weight excluding hydrogens is 220 g/mol. The van der Waals surface area contributed by atoms with Gasteiger partial charge >= 0.3 is 0 Å². The highest BCUT2D eigenvalue weighted by Crippen LogP contribution is 2.19. The van der Waals surface area contributed by atoms with Gasteiger partial charge in [-0.15, -0.1) is 0 Å². The van der Waals surface area contributed by atoms with Crippen molar-refractivity contribution in [2.75, 3.05) is 20.1 Å². The summed E-state index contributed by atoms with van der Waals surface area (Å²) in [5.41, 5.74) is 2.83. The fourth-order valence-corrected chi connectivity index (χ4v) is 2.92. The van der Waals surface area contributed by atoms with E-state index in [4.69, 9.17) is 0 Å². The van der Waals surface area contributed by atoms with Crippen molar-refractivity contribution < 1.29 is 0 Å². The quantitative estimate of drug-likeness (QED) is 0.881. The highest BCUT2D eigenvalue weighted by molar-refractivity contribution is 5.28. The molecule has 1 N–H and O–H groups in total. The number of aryl methyl sites for hydroxylation is 1. The lowest BCUT2D eigenvalue weighted by molar-refractivity contribution is 0.340. The highest BCUT2D eigenvalue weighted by Gasteiger charge is 2.17. The summed E-state index contributed by atoms with van der Waals surface area (Å²) in [6.45, 7) is 6.96. The molecule has 0 aromatic heterocycles. The van der Waals surface area contributed by atoms with Crippen LogP contribution in [0.3, 0.4) is 0 Å². The number of nitrogens with zero attached hydrogens (tertiary/aromatic N) is 1. The average Bonchev–Trinajstić information content (AvgIpc) is 2.55. The third-order valence-corrected chi connectivity index (χ3v) is 4.09. The maximum atomic E-state index is 3.81. The molecule has 2 nitrogen and oxygen atoms in total. The Kier molecular flexibility index (Phi) is 4.79. The van der Waals surface area contributed by atoms with E-state index in [1.165, 1.54) is 43.5 Å². The molecule has 1 aliphatic rings. The number of nitrogens with one attached hydrogen (secondary N) is 1. The minimum atomic E-state index is 0.458. The van der Waals surface area contributed by atoms with Crippen LogP contribution in [0.1, 0.15) is 43.4 Å². The van der Waals surface area contributed by atoms with Crippen molar-refractivity contribution in [3.05, 3.63) is 35.4 Å². The van der Waals surface area contributed by atoms with Crippen LogP contribution in [0.25, 0.3) is 0 Å². The van der Waals surface area contributed by atoms with Crippen molar-refractivity contribution >= 4 is 0 Å². The zero-order chi connectivity index (χ0) is 13.0. The van der Waals surface area contributed by atoms with Crippen LogP contribution < -0.4 is 5.32 Å². The summed E-state index contributed by atoms with van der Waals surface area (Å²) in [5, 5.41) is 3.81. The summed E-state index contributed by atoms with van der Waals surface area (Å²) < 4.78 is 0. The molecular formula is C16H26N2. The van der Waals surface area contributed by atoms with Crippen LogP contribution in [-0.2, 0) is 0 Å². The first kappa shape index (κ1) is 13.6. The summed E-state index contributed by atoms with van der Waals surface area (Å²) in [6, 6.07) is 9.83. The van der Waals surface area contributed by atoms with Gasteiger partial charge in [0.25, 0.3) is 0 Å². The lowest BCUT2D eigenvalue weighted by Gasteiger charge is -2.23. The molecule has 2 atom stereocenters. The second kappa shape index (κ2) is 6.35. The topological polar surface area (TPSA) is 15.3 Å². The minimum absolute atomic E-state index is 0.458.